The Kier molecular flexibility index (Phi) is 3.98. The summed E-state index contributed by atoms with van der Waals surface area (Å²) < 4.78 is 5.20. The molecule has 3 rings (SSSR count). The van der Waals surface area contributed by atoms with Gasteiger partial charge in [0.2, 0.25) is 0 Å². The molecule has 22 heavy (non-hydrogen) atoms. The third-order valence-electron chi connectivity index (χ3n) is 4.23. The molecule has 1 aliphatic rings. The van der Waals surface area contributed by atoms with E-state index in [2.05, 4.69) is 10.3 Å². The zero-order valence-corrected chi connectivity index (χ0v) is 12.8. The first-order chi connectivity index (χ1) is 10.6. The molecule has 2 unspecified atom stereocenters. The lowest BCUT2D eigenvalue weighted by atomic mass is 9.90. The molecule has 0 saturated heterocycles. The van der Waals surface area contributed by atoms with Crippen molar-refractivity contribution in [3.05, 3.63) is 35.5 Å². The largest absolute Gasteiger partial charge is 0.465 e. The van der Waals surface area contributed by atoms with Gasteiger partial charge in [-0.15, -0.1) is 0 Å². The molecule has 0 bridgehead atoms. The molecule has 116 valence electrons. The molecule has 0 saturated carbocycles. The monoisotopic (exact) mass is 300 g/mol. The third kappa shape index (κ3) is 2.41. The zero-order valence-electron chi connectivity index (χ0n) is 12.8. The van der Waals surface area contributed by atoms with Crippen LogP contribution in [-0.2, 0) is 14.3 Å². The van der Waals surface area contributed by atoms with Crippen molar-refractivity contribution in [3.8, 4) is 0 Å². The number of fused-ring (bicyclic) bond motifs is 3. The van der Waals surface area contributed by atoms with Crippen molar-refractivity contribution in [1.29, 1.82) is 0 Å². The number of nitrogens with one attached hydrogen (secondary N) is 2. The Bertz CT molecular complexity index is 720. The van der Waals surface area contributed by atoms with Gasteiger partial charge < -0.3 is 15.0 Å². The highest BCUT2D eigenvalue weighted by atomic mass is 16.5. The first kappa shape index (κ1) is 14.8. The predicted molar refractivity (Wildman–Crippen MR) is 84.0 cm³/mol. The normalized spacial score (nSPS) is 21.2. The highest BCUT2D eigenvalue weighted by Gasteiger charge is 2.34. The number of ketones is 1. The van der Waals surface area contributed by atoms with Gasteiger partial charge in [-0.3, -0.25) is 9.59 Å². The van der Waals surface area contributed by atoms with Gasteiger partial charge in [0.05, 0.1) is 12.5 Å². The van der Waals surface area contributed by atoms with E-state index >= 15 is 0 Å². The number of Topliss-reactive ketones (excluding diaryl/α,β-unsaturated/α-hetero) is 1. The minimum Gasteiger partial charge on any atom is -0.465 e. The molecule has 1 aliphatic heterocycles. The molecule has 2 N–H and O–H groups in total. The number of aromatic nitrogens is 1. The summed E-state index contributed by atoms with van der Waals surface area (Å²) in [5.41, 5.74) is 2.70. The van der Waals surface area contributed by atoms with Crippen molar-refractivity contribution in [1.82, 2.24) is 10.3 Å². The lowest BCUT2D eigenvalue weighted by Gasteiger charge is -2.14. The molecule has 5 heteroatoms. The number of benzene rings is 1. The summed E-state index contributed by atoms with van der Waals surface area (Å²) in [7, 11) is 0. The SMILES string of the molecule is CCOC(=O)C1CNCC(C(C)=O)c2c1[nH]c1ccccc21. The van der Waals surface area contributed by atoms with Crippen molar-refractivity contribution >= 4 is 22.7 Å². The summed E-state index contributed by atoms with van der Waals surface area (Å²) in [6, 6.07) is 7.86. The van der Waals surface area contributed by atoms with Gasteiger partial charge in [-0.2, -0.15) is 0 Å². The number of para-hydroxylation sites is 1. The molecule has 0 amide bonds. The van der Waals surface area contributed by atoms with Crippen LogP contribution in [0.25, 0.3) is 10.9 Å². The van der Waals surface area contributed by atoms with E-state index in [4.69, 9.17) is 4.74 Å². The maximum Gasteiger partial charge on any atom is 0.316 e. The van der Waals surface area contributed by atoms with Crippen molar-refractivity contribution in [2.24, 2.45) is 0 Å². The smallest absolute Gasteiger partial charge is 0.316 e. The van der Waals surface area contributed by atoms with Crippen LogP contribution in [0.1, 0.15) is 36.9 Å². The molecule has 1 aromatic carbocycles. The number of carbonyl (C=O) groups is 2. The van der Waals surface area contributed by atoms with Crippen LogP contribution >= 0.6 is 0 Å². The van der Waals surface area contributed by atoms with E-state index in [1.165, 1.54) is 0 Å². The van der Waals surface area contributed by atoms with Crippen LogP contribution in [0.2, 0.25) is 0 Å². The second kappa shape index (κ2) is 5.93. The zero-order chi connectivity index (χ0) is 15.7. The summed E-state index contributed by atoms with van der Waals surface area (Å²) in [5, 5.41) is 4.23. The Hall–Kier alpha value is -2.14. The summed E-state index contributed by atoms with van der Waals surface area (Å²) in [6.45, 7) is 4.76. The van der Waals surface area contributed by atoms with Crippen LogP contribution in [0.15, 0.2) is 24.3 Å². The molecule has 2 atom stereocenters. The quantitative estimate of drug-likeness (QED) is 0.852. The van der Waals surface area contributed by atoms with Crippen molar-refractivity contribution in [3.63, 3.8) is 0 Å². The first-order valence-corrected chi connectivity index (χ1v) is 7.61. The Balaban J connectivity index is 2.19. The topological polar surface area (TPSA) is 71.2 Å². The number of rotatable bonds is 3. The molecule has 0 fully saturated rings. The van der Waals surface area contributed by atoms with E-state index in [9.17, 15) is 9.59 Å². The average molecular weight is 300 g/mol. The van der Waals surface area contributed by atoms with Gasteiger partial charge in [-0.05, 0) is 25.5 Å². The molecule has 2 aromatic rings. The minimum atomic E-state index is -0.410. The summed E-state index contributed by atoms with van der Waals surface area (Å²) >= 11 is 0. The van der Waals surface area contributed by atoms with Crippen LogP contribution in [0.3, 0.4) is 0 Å². The molecule has 1 aromatic heterocycles. The highest BCUT2D eigenvalue weighted by Crippen LogP contribution is 2.36. The van der Waals surface area contributed by atoms with Crippen molar-refractivity contribution in [2.75, 3.05) is 19.7 Å². The van der Waals surface area contributed by atoms with Crippen LogP contribution in [0.5, 0.6) is 0 Å². The maximum atomic E-state index is 12.3. The summed E-state index contributed by atoms with van der Waals surface area (Å²) in [6.07, 6.45) is 0. The number of carbonyl (C=O) groups excluding carboxylic acids is 2. The maximum absolute atomic E-state index is 12.3. The lowest BCUT2D eigenvalue weighted by molar-refractivity contribution is -0.144. The predicted octanol–water partition coefficient (Wildman–Crippen LogP) is 2.09. The fourth-order valence-corrected chi connectivity index (χ4v) is 3.20. The molecular formula is C17H20N2O3. The van der Waals surface area contributed by atoms with Crippen LogP contribution < -0.4 is 5.32 Å². The summed E-state index contributed by atoms with van der Waals surface area (Å²) in [5.74, 6) is -0.813. The molecule has 0 spiro atoms. The van der Waals surface area contributed by atoms with E-state index < -0.39 is 5.92 Å². The van der Waals surface area contributed by atoms with Gasteiger partial charge in [0.25, 0.3) is 0 Å². The Morgan fingerprint density at radius 1 is 1.23 bits per heavy atom. The second-order valence-corrected chi connectivity index (χ2v) is 5.62. The van der Waals surface area contributed by atoms with E-state index in [1.807, 2.05) is 24.3 Å². The fourth-order valence-electron chi connectivity index (χ4n) is 3.20. The summed E-state index contributed by atoms with van der Waals surface area (Å²) in [4.78, 5) is 27.7. The van der Waals surface area contributed by atoms with Crippen molar-refractivity contribution < 1.29 is 14.3 Å². The van der Waals surface area contributed by atoms with Gasteiger partial charge in [0.15, 0.2) is 0 Å². The van der Waals surface area contributed by atoms with E-state index in [0.29, 0.717) is 19.7 Å². The average Bonchev–Trinajstić information content (AvgIpc) is 2.75. The molecule has 5 nitrogen and oxygen atoms in total. The molecular weight excluding hydrogens is 280 g/mol. The van der Waals surface area contributed by atoms with Crippen LogP contribution in [0.4, 0.5) is 0 Å². The van der Waals surface area contributed by atoms with E-state index in [-0.39, 0.29) is 17.7 Å². The second-order valence-electron chi connectivity index (χ2n) is 5.62. The Morgan fingerprint density at radius 2 is 1.95 bits per heavy atom. The molecule has 0 radical (unpaired) electrons. The Morgan fingerprint density at radius 3 is 2.68 bits per heavy atom. The number of aromatic amines is 1. The van der Waals surface area contributed by atoms with Gasteiger partial charge >= 0.3 is 5.97 Å². The molecule has 0 aliphatic carbocycles. The minimum absolute atomic E-state index is 0.100. The third-order valence-corrected chi connectivity index (χ3v) is 4.23. The van der Waals surface area contributed by atoms with Gasteiger partial charge in [-0.25, -0.2) is 0 Å². The van der Waals surface area contributed by atoms with E-state index in [0.717, 1.165) is 22.2 Å². The number of esters is 1. The lowest BCUT2D eigenvalue weighted by Crippen LogP contribution is -2.28. The number of ether oxygens (including phenoxy) is 1. The van der Waals surface area contributed by atoms with Crippen molar-refractivity contribution in [2.45, 2.75) is 25.7 Å². The first-order valence-electron chi connectivity index (χ1n) is 7.61. The van der Waals surface area contributed by atoms with E-state index in [1.54, 1.807) is 13.8 Å². The van der Waals surface area contributed by atoms with Gasteiger partial charge in [-0.1, -0.05) is 18.2 Å². The number of H-pyrrole nitrogens is 1. The van der Waals surface area contributed by atoms with Gasteiger partial charge in [0.1, 0.15) is 11.7 Å². The number of hydrogen-bond acceptors (Lipinski definition) is 4. The Labute approximate surface area is 129 Å². The van der Waals surface area contributed by atoms with Crippen LogP contribution in [0, 0.1) is 0 Å². The van der Waals surface area contributed by atoms with Crippen LogP contribution in [-0.4, -0.2) is 36.4 Å². The highest BCUT2D eigenvalue weighted by molar-refractivity contribution is 5.95. The molecule has 2 heterocycles. The van der Waals surface area contributed by atoms with Gasteiger partial charge in [0, 0.05) is 29.7 Å². The number of hydrogen-bond donors (Lipinski definition) is 2. The fraction of sp³-hybridized carbons (Fsp3) is 0.412. The standard InChI is InChI=1S/C17H20N2O3/c1-3-22-17(21)13-9-18-8-12(10(2)20)15-11-6-4-5-7-14(11)19-16(13)15/h4-7,12-13,18-19H,3,8-9H2,1-2H3.